The van der Waals surface area contributed by atoms with Gasteiger partial charge in [0.15, 0.2) is 5.65 Å². The number of aliphatic hydroxyl groups is 1. The molecule has 1 unspecified atom stereocenters. The van der Waals surface area contributed by atoms with Crippen LogP contribution in [0.4, 0.5) is 13.2 Å². The molecule has 0 fully saturated rings. The van der Waals surface area contributed by atoms with Gasteiger partial charge in [0.1, 0.15) is 0 Å². The van der Waals surface area contributed by atoms with Crippen LogP contribution in [0.3, 0.4) is 0 Å². The Balaban J connectivity index is 1.93. The molecule has 3 rings (SSSR count). The predicted molar refractivity (Wildman–Crippen MR) is 69.5 cm³/mol. The molecule has 2 aromatic rings. The largest absolute Gasteiger partial charge is 0.416 e. The Labute approximate surface area is 118 Å². The lowest BCUT2D eigenvalue weighted by molar-refractivity contribution is -0.0886. The van der Waals surface area contributed by atoms with Gasteiger partial charge in [0.2, 0.25) is 0 Å². The molecule has 0 aliphatic heterocycles. The number of fused-ring (bicyclic) bond motifs is 1. The van der Waals surface area contributed by atoms with Crippen LogP contribution in [0, 0.1) is 0 Å². The topological polar surface area (TPSA) is 50.4 Å². The fraction of sp³-hybridized carbons (Fsp3) is 0.286. The summed E-state index contributed by atoms with van der Waals surface area (Å²) < 4.78 is 39.5. The maximum Gasteiger partial charge on any atom is 0.416 e. The Bertz CT molecular complexity index is 731. The maximum atomic E-state index is 12.6. The minimum absolute atomic E-state index is 0.181. The quantitative estimate of drug-likeness (QED) is 0.927. The van der Waals surface area contributed by atoms with Crippen molar-refractivity contribution in [3.63, 3.8) is 0 Å². The van der Waals surface area contributed by atoms with Crippen LogP contribution in [-0.4, -0.2) is 25.7 Å². The molecule has 1 aliphatic carbocycles. The summed E-state index contributed by atoms with van der Waals surface area (Å²) in [6.07, 6.45) is 4.57. The van der Waals surface area contributed by atoms with Crippen molar-refractivity contribution in [3.05, 3.63) is 53.8 Å². The third-order valence-electron chi connectivity index (χ3n) is 3.45. The monoisotopic (exact) mass is 295 g/mol. The van der Waals surface area contributed by atoms with Crippen LogP contribution in [0.2, 0.25) is 0 Å². The first-order valence-corrected chi connectivity index (χ1v) is 6.37. The summed E-state index contributed by atoms with van der Waals surface area (Å²) in [5.41, 5.74) is 1.23. The van der Waals surface area contributed by atoms with Crippen molar-refractivity contribution < 1.29 is 18.3 Å². The number of imidazole rings is 1. The fourth-order valence-electron chi connectivity index (χ4n) is 2.35. The molecular formula is C14H12F3N3O. The Morgan fingerprint density at radius 1 is 1.29 bits per heavy atom. The van der Waals surface area contributed by atoms with Gasteiger partial charge in [-0.3, -0.25) is 4.98 Å². The molecule has 0 aromatic carbocycles. The Kier molecular flexibility index (Phi) is 3.29. The summed E-state index contributed by atoms with van der Waals surface area (Å²) in [4.78, 5) is 8.20. The number of allylic oxidation sites excluding steroid dienone is 4. The summed E-state index contributed by atoms with van der Waals surface area (Å²) in [7, 11) is 0. The molecule has 0 saturated heterocycles. The van der Waals surface area contributed by atoms with Crippen molar-refractivity contribution >= 4 is 5.65 Å². The van der Waals surface area contributed by atoms with Crippen molar-refractivity contribution in [3.8, 4) is 0 Å². The van der Waals surface area contributed by atoms with Gasteiger partial charge in [0, 0.05) is 24.0 Å². The Morgan fingerprint density at radius 3 is 2.71 bits per heavy atom. The van der Waals surface area contributed by atoms with E-state index in [2.05, 4.69) is 9.97 Å². The molecule has 2 aromatic heterocycles. The highest BCUT2D eigenvalue weighted by Gasteiger charge is 2.33. The lowest BCUT2D eigenvalue weighted by Crippen LogP contribution is -2.13. The van der Waals surface area contributed by atoms with Crippen molar-refractivity contribution in [2.45, 2.75) is 25.1 Å². The first kappa shape index (κ1) is 13.8. The van der Waals surface area contributed by atoms with Gasteiger partial charge in [-0.25, -0.2) is 4.98 Å². The highest BCUT2D eigenvalue weighted by molar-refractivity contribution is 5.41. The third kappa shape index (κ3) is 2.56. The number of aromatic nitrogens is 3. The minimum atomic E-state index is -4.31. The zero-order chi connectivity index (χ0) is 15.0. The van der Waals surface area contributed by atoms with Crippen molar-refractivity contribution in [1.82, 2.24) is 14.4 Å². The van der Waals surface area contributed by atoms with Crippen molar-refractivity contribution in [1.29, 1.82) is 0 Å². The molecule has 110 valence electrons. The second kappa shape index (κ2) is 5.00. The number of halogens is 3. The van der Waals surface area contributed by atoms with Crippen LogP contribution in [0.5, 0.6) is 0 Å². The van der Waals surface area contributed by atoms with Gasteiger partial charge in [-0.15, -0.1) is 0 Å². The third-order valence-corrected chi connectivity index (χ3v) is 3.45. The van der Waals surface area contributed by atoms with Gasteiger partial charge >= 0.3 is 6.18 Å². The van der Waals surface area contributed by atoms with E-state index in [0.29, 0.717) is 11.3 Å². The van der Waals surface area contributed by atoms with Crippen LogP contribution in [0.25, 0.3) is 5.65 Å². The van der Waals surface area contributed by atoms with Crippen LogP contribution in [0.1, 0.15) is 23.7 Å². The van der Waals surface area contributed by atoms with E-state index in [1.807, 2.05) is 0 Å². The van der Waals surface area contributed by atoms with E-state index >= 15 is 0 Å². The van der Waals surface area contributed by atoms with E-state index in [0.717, 1.165) is 11.8 Å². The van der Waals surface area contributed by atoms with Crippen LogP contribution < -0.4 is 0 Å². The average Bonchev–Trinajstić information content (AvgIpc) is 2.89. The number of hydrogen-bond acceptors (Lipinski definition) is 3. The van der Waals surface area contributed by atoms with Crippen LogP contribution in [0.15, 0.2) is 42.4 Å². The summed E-state index contributed by atoms with van der Waals surface area (Å²) >= 11 is 0. The minimum Gasteiger partial charge on any atom is -0.390 e. The first-order chi connectivity index (χ1) is 9.99. The Morgan fingerprint density at radius 2 is 2.10 bits per heavy atom. The molecule has 21 heavy (non-hydrogen) atoms. The van der Waals surface area contributed by atoms with Gasteiger partial charge in [0.25, 0.3) is 0 Å². The van der Waals surface area contributed by atoms with E-state index in [-0.39, 0.29) is 18.9 Å². The molecule has 0 bridgehead atoms. The fourth-order valence-corrected chi connectivity index (χ4v) is 2.35. The van der Waals surface area contributed by atoms with Gasteiger partial charge < -0.3 is 9.51 Å². The Hall–Kier alpha value is -2.15. The van der Waals surface area contributed by atoms with Gasteiger partial charge in [-0.2, -0.15) is 13.2 Å². The summed E-state index contributed by atoms with van der Waals surface area (Å²) in [6, 6.07) is 0. The predicted octanol–water partition coefficient (Wildman–Crippen LogP) is 2.75. The van der Waals surface area contributed by atoms with E-state index < -0.39 is 11.7 Å². The highest BCUT2D eigenvalue weighted by Crippen LogP contribution is 2.34. The van der Waals surface area contributed by atoms with Crippen molar-refractivity contribution in [2.24, 2.45) is 0 Å². The van der Waals surface area contributed by atoms with Gasteiger partial charge in [-0.1, -0.05) is 18.2 Å². The van der Waals surface area contributed by atoms with E-state index in [1.165, 1.54) is 18.3 Å². The molecule has 0 saturated carbocycles. The molecule has 0 radical (unpaired) electrons. The maximum absolute atomic E-state index is 12.6. The van der Waals surface area contributed by atoms with Crippen LogP contribution >= 0.6 is 0 Å². The molecule has 0 spiro atoms. The lowest BCUT2D eigenvalue weighted by atomic mass is 9.94. The lowest BCUT2D eigenvalue weighted by Gasteiger charge is -2.17. The summed E-state index contributed by atoms with van der Waals surface area (Å²) in [5.74, 6) is -0.181. The summed E-state index contributed by atoms with van der Waals surface area (Å²) in [5, 5.41) is 9.12. The number of rotatable bonds is 2. The molecular weight excluding hydrogens is 283 g/mol. The molecule has 1 aliphatic rings. The van der Waals surface area contributed by atoms with Crippen LogP contribution in [-0.2, 0) is 6.61 Å². The molecule has 2 heterocycles. The average molecular weight is 295 g/mol. The zero-order valence-corrected chi connectivity index (χ0v) is 10.9. The standard InChI is InChI=1S/C14H12F3N3O/c15-14(16,17)10-3-1-9(2-4-10)12-5-19-13-6-18-11(8-21)7-20(12)13/h1,3-7,9,21H,2,8H2. The smallest absolute Gasteiger partial charge is 0.390 e. The second-order valence-corrected chi connectivity index (χ2v) is 4.81. The number of alkyl halides is 3. The molecule has 0 amide bonds. The number of aliphatic hydroxyl groups excluding tert-OH is 1. The van der Waals surface area contributed by atoms with E-state index in [1.54, 1.807) is 16.8 Å². The molecule has 1 atom stereocenters. The summed E-state index contributed by atoms with van der Waals surface area (Å²) in [6.45, 7) is -0.202. The van der Waals surface area contributed by atoms with Crippen molar-refractivity contribution in [2.75, 3.05) is 0 Å². The SMILES string of the molecule is OCc1cn2c(C3C=CC(C(F)(F)F)=CC3)cnc2cn1. The highest BCUT2D eigenvalue weighted by atomic mass is 19.4. The van der Waals surface area contributed by atoms with E-state index in [9.17, 15) is 13.2 Å². The molecule has 1 N–H and O–H groups in total. The van der Waals surface area contributed by atoms with E-state index in [4.69, 9.17) is 5.11 Å². The second-order valence-electron chi connectivity index (χ2n) is 4.81. The normalized spacial score (nSPS) is 19.0. The zero-order valence-electron chi connectivity index (χ0n) is 10.9. The molecule has 7 heteroatoms. The van der Waals surface area contributed by atoms with Gasteiger partial charge in [0.05, 0.1) is 24.1 Å². The number of nitrogens with zero attached hydrogens (tertiary/aromatic N) is 3. The molecule has 4 nitrogen and oxygen atoms in total. The van der Waals surface area contributed by atoms with Gasteiger partial charge in [-0.05, 0) is 6.42 Å². The number of hydrogen-bond donors (Lipinski definition) is 1. The first-order valence-electron chi connectivity index (χ1n) is 6.37.